The lowest BCUT2D eigenvalue weighted by atomic mass is 9.99. The molecule has 80 valence electrons. The van der Waals surface area contributed by atoms with Crippen molar-refractivity contribution >= 4 is 5.57 Å². The summed E-state index contributed by atoms with van der Waals surface area (Å²) in [6.45, 7) is 3.99. The minimum absolute atomic E-state index is 0.152. The van der Waals surface area contributed by atoms with E-state index in [2.05, 4.69) is 42.6 Å². The quantitative estimate of drug-likeness (QED) is 0.764. The van der Waals surface area contributed by atoms with Gasteiger partial charge in [-0.2, -0.15) is 0 Å². The SMILES string of the molecule is CCc1ccc(C2=CC(N)CNC2)cc1. The summed E-state index contributed by atoms with van der Waals surface area (Å²) in [5.41, 5.74) is 9.86. The highest BCUT2D eigenvalue weighted by molar-refractivity contribution is 5.68. The normalized spacial score (nSPS) is 21.2. The van der Waals surface area contributed by atoms with Crippen LogP contribution in [-0.2, 0) is 6.42 Å². The Labute approximate surface area is 91.2 Å². The second-order valence-electron chi connectivity index (χ2n) is 4.04. The van der Waals surface area contributed by atoms with Gasteiger partial charge in [0.25, 0.3) is 0 Å². The monoisotopic (exact) mass is 202 g/mol. The van der Waals surface area contributed by atoms with E-state index in [9.17, 15) is 0 Å². The summed E-state index contributed by atoms with van der Waals surface area (Å²) in [6.07, 6.45) is 3.26. The first-order chi connectivity index (χ1) is 7.29. The second kappa shape index (κ2) is 4.60. The summed E-state index contributed by atoms with van der Waals surface area (Å²) in [5, 5.41) is 3.32. The van der Waals surface area contributed by atoms with Gasteiger partial charge in [-0.1, -0.05) is 37.3 Å². The zero-order valence-electron chi connectivity index (χ0n) is 9.16. The summed E-state index contributed by atoms with van der Waals surface area (Å²) < 4.78 is 0. The van der Waals surface area contributed by atoms with Crippen LogP contribution in [0.5, 0.6) is 0 Å². The predicted molar refractivity (Wildman–Crippen MR) is 64.6 cm³/mol. The lowest BCUT2D eigenvalue weighted by Gasteiger charge is -2.19. The van der Waals surface area contributed by atoms with Gasteiger partial charge in [0.1, 0.15) is 0 Å². The average Bonchev–Trinajstić information content (AvgIpc) is 2.29. The molecule has 2 heteroatoms. The van der Waals surface area contributed by atoms with Gasteiger partial charge in [-0.05, 0) is 23.1 Å². The van der Waals surface area contributed by atoms with Crippen molar-refractivity contribution in [1.82, 2.24) is 5.32 Å². The fraction of sp³-hybridized carbons (Fsp3) is 0.385. The van der Waals surface area contributed by atoms with Crippen molar-refractivity contribution in [2.45, 2.75) is 19.4 Å². The summed E-state index contributed by atoms with van der Waals surface area (Å²) in [7, 11) is 0. The Kier molecular flexibility index (Phi) is 3.19. The third kappa shape index (κ3) is 2.46. The maximum Gasteiger partial charge on any atom is 0.0357 e. The number of benzene rings is 1. The van der Waals surface area contributed by atoms with Crippen molar-refractivity contribution in [2.75, 3.05) is 13.1 Å². The van der Waals surface area contributed by atoms with Crippen LogP contribution in [-0.4, -0.2) is 19.1 Å². The first kappa shape index (κ1) is 10.4. The topological polar surface area (TPSA) is 38.0 Å². The number of hydrogen-bond donors (Lipinski definition) is 2. The Morgan fingerprint density at radius 2 is 2.07 bits per heavy atom. The van der Waals surface area contributed by atoms with Gasteiger partial charge in [0.2, 0.25) is 0 Å². The number of aryl methyl sites for hydroxylation is 1. The van der Waals surface area contributed by atoms with Crippen LogP contribution in [0.3, 0.4) is 0 Å². The van der Waals surface area contributed by atoms with Crippen LogP contribution in [0, 0.1) is 0 Å². The average molecular weight is 202 g/mol. The molecule has 1 aromatic rings. The van der Waals surface area contributed by atoms with Crippen LogP contribution < -0.4 is 11.1 Å². The highest BCUT2D eigenvalue weighted by Gasteiger charge is 2.10. The highest BCUT2D eigenvalue weighted by Crippen LogP contribution is 2.17. The number of hydrogen-bond acceptors (Lipinski definition) is 2. The van der Waals surface area contributed by atoms with Crippen LogP contribution >= 0.6 is 0 Å². The zero-order valence-corrected chi connectivity index (χ0v) is 9.16. The molecular weight excluding hydrogens is 184 g/mol. The summed E-state index contributed by atoms with van der Waals surface area (Å²) >= 11 is 0. The Bertz CT molecular complexity index is 351. The molecule has 0 amide bonds. The molecule has 0 aliphatic carbocycles. The van der Waals surface area contributed by atoms with Gasteiger partial charge in [0.05, 0.1) is 0 Å². The van der Waals surface area contributed by atoms with Crippen molar-refractivity contribution in [2.24, 2.45) is 5.73 Å². The molecule has 15 heavy (non-hydrogen) atoms. The summed E-state index contributed by atoms with van der Waals surface area (Å²) in [6, 6.07) is 8.90. The fourth-order valence-corrected chi connectivity index (χ4v) is 1.90. The van der Waals surface area contributed by atoms with Gasteiger partial charge in [0.15, 0.2) is 0 Å². The van der Waals surface area contributed by atoms with E-state index in [4.69, 9.17) is 5.73 Å². The lowest BCUT2D eigenvalue weighted by molar-refractivity contribution is 0.663. The molecule has 0 fully saturated rings. The smallest absolute Gasteiger partial charge is 0.0357 e. The molecule has 0 radical (unpaired) electrons. The molecule has 2 rings (SSSR count). The summed E-state index contributed by atoms with van der Waals surface area (Å²) in [4.78, 5) is 0. The summed E-state index contributed by atoms with van der Waals surface area (Å²) in [5.74, 6) is 0. The minimum atomic E-state index is 0.152. The van der Waals surface area contributed by atoms with Crippen molar-refractivity contribution in [1.29, 1.82) is 0 Å². The number of nitrogens with two attached hydrogens (primary N) is 1. The van der Waals surface area contributed by atoms with E-state index in [1.165, 1.54) is 16.7 Å². The third-order valence-electron chi connectivity index (χ3n) is 2.84. The number of nitrogens with one attached hydrogen (secondary N) is 1. The zero-order chi connectivity index (χ0) is 10.7. The fourth-order valence-electron chi connectivity index (χ4n) is 1.90. The van der Waals surface area contributed by atoms with Gasteiger partial charge >= 0.3 is 0 Å². The van der Waals surface area contributed by atoms with Crippen molar-refractivity contribution in [3.63, 3.8) is 0 Å². The Morgan fingerprint density at radius 1 is 1.33 bits per heavy atom. The van der Waals surface area contributed by atoms with Gasteiger partial charge < -0.3 is 11.1 Å². The molecule has 0 aromatic heterocycles. The van der Waals surface area contributed by atoms with Gasteiger partial charge in [-0.25, -0.2) is 0 Å². The molecule has 1 aliphatic rings. The molecule has 1 aliphatic heterocycles. The van der Waals surface area contributed by atoms with E-state index < -0.39 is 0 Å². The van der Waals surface area contributed by atoms with E-state index in [1.807, 2.05) is 0 Å². The van der Waals surface area contributed by atoms with E-state index in [0.29, 0.717) is 0 Å². The van der Waals surface area contributed by atoms with Crippen LogP contribution in [0.25, 0.3) is 5.57 Å². The first-order valence-corrected chi connectivity index (χ1v) is 5.56. The maximum atomic E-state index is 5.88. The second-order valence-corrected chi connectivity index (χ2v) is 4.04. The van der Waals surface area contributed by atoms with Gasteiger partial charge in [-0.3, -0.25) is 0 Å². The van der Waals surface area contributed by atoms with Crippen LogP contribution in [0.2, 0.25) is 0 Å². The van der Waals surface area contributed by atoms with E-state index >= 15 is 0 Å². The molecule has 0 spiro atoms. The van der Waals surface area contributed by atoms with Crippen molar-refractivity contribution < 1.29 is 0 Å². The largest absolute Gasteiger partial charge is 0.323 e. The van der Waals surface area contributed by atoms with E-state index in [-0.39, 0.29) is 6.04 Å². The van der Waals surface area contributed by atoms with E-state index in [0.717, 1.165) is 19.5 Å². The molecule has 0 saturated carbocycles. The van der Waals surface area contributed by atoms with Gasteiger partial charge in [0, 0.05) is 19.1 Å². The molecule has 2 nitrogen and oxygen atoms in total. The molecule has 0 bridgehead atoms. The molecule has 0 saturated heterocycles. The Morgan fingerprint density at radius 3 is 2.67 bits per heavy atom. The highest BCUT2D eigenvalue weighted by atomic mass is 14.9. The minimum Gasteiger partial charge on any atom is -0.323 e. The standard InChI is InChI=1S/C13H18N2/c1-2-10-3-5-11(6-4-10)12-7-13(14)9-15-8-12/h3-7,13,15H,2,8-9,14H2,1H3. The third-order valence-corrected chi connectivity index (χ3v) is 2.84. The predicted octanol–water partition coefficient (Wildman–Crippen LogP) is 1.56. The van der Waals surface area contributed by atoms with Crippen LogP contribution in [0.4, 0.5) is 0 Å². The van der Waals surface area contributed by atoms with Crippen molar-refractivity contribution in [3.05, 3.63) is 41.5 Å². The molecule has 3 N–H and O–H groups in total. The Balaban J connectivity index is 2.21. The lowest BCUT2D eigenvalue weighted by Crippen LogP contribution is -2.37. The van der Waals surface area contributed by atoms with E-state index in [1.54, 1.807) is 0 Å². The van der Waals surface area contributed by atoms with Gasteiger partial charge in [-0.15, -0.1) is 0 Å². The van der Waals surface area contributed by atoms with Crippen LogP contribution in [0.1, 0.15) is 18.1 Å². The van der Waals surface area contributed by atoms with Crippen LogP contribution in [0.15, 0.2) is 30.3 Å². The maximum absolute atomic E-state index is 5.88. The Hall–Kier alpha value is -1.12. The molecule has 1 heterocycles. The first-order valence-electron chi connectivity index (χ1n) is 5.56. The molecule has 1 unspecified atom stereocenters. The molecular formula is C13H18N2. The molecule has 1 aromatic carbocycles. The number of rotatable bonds is 2. The van der Waals surface area contributed by atoms with Crippen molar-refractivity contribution in [3.8, 4) is 0 Å². The molecule has 1 atom stereocenters.